The van der Waals surface area contributed by atoms with E-state index in [4.69, 9.17) is 0 Å². The number of aromatic amines is 1. The summed E-state index contributed by atoms with van der Waals surface area (Å²) >= 11 is 0. The summed E-state index contributed by atoms with van der Waals surface area (Å²) in [5, 5.41) is 0. The molecule has 1 amide bonds. The molecule has 2 aromatic rings. The van der Waals surface area contributed by atoms with E-state index >= 15 is 0 Å². The molecule has 2 heterocycles. The van der Waals surface area contributed by atoms with Gasteiger partial charge in [0.1, 0.15) is 16.4 Å². The van der Waals surface area contributed by atoms with Crippen molar-refractivity contribution in [3.8, 4) is 0 Å². The molecule has 2 N–H and O–H groups in total. The summed E-state index contributed by atoms with van der Waals surface area (Å²) < 4.78 is 40.8. The average Bonchev–Trinajstić information content (AvgIpc) is 3.20. The van der Waals surface area contributed by atoms with Crippen LogP contribution >= 0.6 is 0 Å². The predicted octanol–water partition coefficient (Wildman–Crippen LogP) is 2.50. The minimum atomic E-state index is -3.98. The summed E-state index contributed by atoms with van der Waals surface area (Å²) in [7, 11) is -3.98. The van der Waals surface area contributed by atoms with Crippen LogP contribution in [0, 0.1) is 12.7 Å². The van der Waals surface area contributed by atoms with Gasteiger partial charge in [-0.25, -0.2) is 12.8 Å². The highest BCUT2D eigenvalue weighted by Crippen LogP contribution is 2.21. The van der Waals surface area contributed by atoms with E-state index in [9.17, 15) is 17.6 Å². The molecule has 6 nitrogen and oxygen atoms in total. The van der Waals surface area contributed by atoms with Gasteiger partial charge < -0.3 is 9.88 Å². The number of benzene rings is 1. The van der Waals surface area contributed by atoms with Crippen molar-refractivity contribution >= 4 is 21.6 Å². The minimum absolute atomic E-state index is 0.106. The Morgan fingerprint density at radius 3 is 2.62 bits per heavy atom. The van der Waals surface area contributed by atoms with Crippen LogP contribution in [-0.4, -0.2) is 37.3 Å². The number of H-pyrrole nitrogens is 1. The normalized spacial score (nSPS) is 14.8. The van der Waals surface area contributed by atoms with Crippen molar-refractivity contribution < 1.29 is 17.6 Å². The molecule has 1 saturated heterocycles. The topological polar surface area (TPSA) is 82.3 Å². The predicted molar refractivity (Wildman–Crippen MR) is 87.9 cm³/mol. The van der Waals surface area contributed by atoms with Crippen LogP contribution in [0.25, 0.3) is 0 Å². The van der Waals surface area contributed by atoms with Crippen molar-refractivity contribution in [2.75, 3.05) is 17.8 Å². The first-order valence-corrected chi connectivity index (χ1v) is 9.12. The van der Waals surface area contributed by atoms with Crippen LogP contribution in [0.5, 0.6) is 0 Å². The first kappa shape index (κ1) is 16.5. The van der Waals surface area contributed by atoms with Crippen molar-refractivity contribution in [1.29, 1.82) is 0 Å². The van der Waals surface area contributed by atoms with Crippen LogP contribution in [0.1, 0.15) is 28.9 Å². The second-order valence-corrected chi connectivity index (χ2v) is 7.52. The van der Waals surface area contributed by atoms with Crippen LogP contribution in [-0.2, 0) is 10.0 Å². The Morgan fingerprint density at radius 1 is 1.25 bits per heavy atom. The number of carbonyl (C=O) groups is 1. The number of hydrogen-bond donors (Lipinski definition) is 2. The van der Waals surface area contributed by atoms with Gasteiger partial charge in [0.05, 0.1) is 5.69 Å². The standard InChI is InChI=1S/C16H18FN3O3S/c1-11-4-5-14(13(17)8-11)19-24(22,23)12-9-15(18-10-12)16(21)20-6-2-3-7-20/h4-5,8-10,18-19H,2-3,6-7H2,1H3. The Morgan fingerprint density at radius 2 is 1.96 bits per heavy atom. The van der Waals surface area contributed by atoms with E-state index in [1.165, 1.54) is 24.4 Å². The number of carbonyl (C=O) groups excluding carboxylic acids is 1. The number of nitrogens with one attached hydrogen (secondary N) is 2. The third kappa shape index (κ3) is 3.28. The Bertz CT molecular complexity index is 870. The molecule has 1 aliphatic heterocycles. The lowest BCUT2D eigenvalue weighted by molar-refractivity contribution is 0.0787. The van der Waals surface area contributed by atoms with Crippen LogP contribution in [0.15, 0.2) is 35.4 Å². The summed E-state index contributed by atoms with van der Waals surface area (Å²) in [6, 6.07) is 5.50. The molecular formula is C16H18FN3O3S. The van der Waals surface area contributed by atoms with E-state index in [1.54, 1.807) is 17.9 Å². The highest BCUT2D eigenvalue weighted by Gasteiger charge is 2.24. The third-order valence-corrected chi connectivity index (χ3v) is 5.30. The molecule has 0 spiro atoms. The lowest BCUT2D eigenvalue weighted by Gasteiger charge is -2.13. The highest BCUT2D eigenvalue weighted by atomic mass is 32.2. The first-order chi connectivity index (χ1) is 11.4. The lowest BCUT2D eigenvalue weighted by atomic mass is 10.2. The molecule has 0 bridgehead atoms. The van der Waals surface area contributed by atoms with Crippen molar-refractivity contribution in [3.05, 3.63) is 47.5 Å². The zero-order valence-corrected chi connectivity index (χ0v) is 14.0. The number of likely N-dealkylation sites (tertiary alicyclic amines) is 1. The quantitative estimate of drug-likeness (QED) is 0.888. The number of aryl methyl sites for hydroxylation is 1. The van der Waals surface area contributed by atoms with Gasteiger partial charge in [0.25, 0.3) is 15.9 Å². The highest BCUT2D eigenvalue weighted by molar-refractivity contribution is 7.92. The summed E-state index contributed by atoms with van der Waals surface area (Å²) in [4.78, 5) is 16.5. The number of amides is 1. The number of nitrogens with zero attached hydrogens (tertiary/aromatic N) is 1. The Balaban J connectivity index is 1.81. The van der Waals surface area contributed by atoms with Gasteiger partial charge in [-0.1, -0.05) is 6.07 Å². The molecule has 0 unspecified atom stereocenters. The first-order valence-electron chi connectivity index (χ1n) is 7.63. The molecule has 0 radical (unpaired) electrons. The molecular weight excluding hydrogens is 333 g/mol. The third-order valence-electron chi connectivity index (χ3n) is 3.96. The van der Waals surface area contributed by atoms with Gasteiger partial charge in [-0.2, -0.15) is 0 Å². The van der Waals surface area contributed by atoms with Gasteiger partial charge >= 0.3 is 0 Å². The van der Waals surface area contributed by atoms with E-state index in [0.717, 1.165) is 12.8 Å². The van der Waals surface area contributed by atoms with Crippen molar-refractivity contribution in [3.63, 3.8) is 0 Å². The fraction of sp³-hybridized carbons (Fsp3) is 0.312. The van der Waals surface area contributed by atoms with Crippen LogP contribution in [0.4, 0.5) is 10.1 Å². The zero-order chi connectivity index (χ0) is 17.3. The molecule has 8 heteroatoms. The molecule has 1 fully saturated rings. The number of sulfonamides is 1. The summed E-state index contributed by atoms with van der Waals surface area (Å²) in [6.07, 6.45) is 3.13. The van der Waals surface area contributed by atoms with E-state index < -0.39 is 15.8 Å². The molecule has 1 aliphatic rings. The molecule has 0 aliphatic carbocycles. The van der Waals surface area contributed by atoms with E-state index in [-0.39, 0.29) is 22.2 Å². The fourth-order valence-corrected chi connectivity index (χ4v) is 3.71. The Kier molecular flexibility index (Phi) is 4.31. The van der Waals surface area contributed by atoms with Gasteiger partial charge in [-0.05, 0) is 43.5 Å². The number of aromatic nitrogens is 1. The van der Waals surface area contributed by atoms with Crippen molar-refractivity contribution in [2.45, 2.75) is 24.7 Å². The fourth-order valence-electron chi connectivity index (χ4n) is 2.65. The maximum Gasteiger partial charge on any atom is 0.270 e. The van der Waals surface area contributed by atoms with Crippen LogP contribution < -0.4 is 4.72 Å². The number of anilines is 1. The molecule has 3 rings (SSSR count). The monoisotopic (exact) mass is 351 g/mol. The lowest BCUT2D eigenvalue weighted by Crippen LogP contribution is -2.27. The average molecular weight is 351 g/mol. The molecule has 24 heavy (non-hydrogen) atoms. The van der Waals surface area contributed by atoms with E-state index in [1.807, 2.05) is 0 Å². The molecule has 128 valence electrons. The molecule has 1 aromatic heterocycles. The maximum atomic E-state index is 13.8. The van der Waals surface area contributed by atoms with Crippen molar-refractivity contribution in [1.82, 2.24) is 9.88 Å². The van der Waals surface area contributed by atoms with Crippen LogP contribution in [0.2, 0.25) is 0 Å². The molecule has 0 atom stereocenters. The maximum absolute atomic E-state index is 13.8. The molecule has 0 saturated carbocycles. The largest absolute Gasteiger partial charge is 0.356 e. The van der Waals surface area contributed by atoms with Gasteiger partial charge in [0.15, 0.2) is 0 Å². The summed E-state index contributed by atoms with van der Waals surface area (Å²) in [6.45, 7) is 3.06. The number of rotatable bonds is 4. The minimum Gasteiger partial charge on any atom is -0.356 e. The second-order valence-electron chi connectivity index (χ2n) is 5.84. The summed E-state index contributed by atoms with van der Waals surface area (Å²) in [5.41, 5.74) is 0.770. The van der Waals surface area contributed by atoms with Gasteiger partial charge in [-0.15, -0.1) is 0 Å². The number of halogens is 1. The second kappa shape index (κ2) is 6.27. The van der Waals surface area contributed by atoms with Gasteiger partial charge in [0, 0.05) is 19.3 Å². The SMILES string of the molecule is Cc1ccc(NS(=O)(=O)c2c[nH]c(C(=O)N3CCCC3)c2)c(F)c1. The smallest absolute Gasteiger partial charge is 0.270 e. The van der Waals surface area contributed by atoms with E-state index in [2.05, 4.69) is 9.71 Å². The van der Waals surface area contributed by atoms with Gasteiger partial charge in [0.2, 0.25) is 0 Å². The van der Waals surface area contributed by atoms with Gasteiger partial charge in [-0.3, -0.25) is 9.52 Å². The molecule has 1 aromatic carbocycles. The summed E-state index contributed by atoms with van der Waals surface area (Å²) in [5.74, 6) is -0.877. The number of hydrogen-bond acceptors (Lipinski definition) is 3. The zero-order valence-electron chi connectivity index (χ0n) is 13.2. The van der Waals surface area contributed by atoms with Crippen LogP contribution in [0.3, 0.4) is 0 Å². The Hall–Kier alpha value is -2.35. The Labute approximate surface area is 139 Å². The van der Waals surface area contributed by atoms with Crippen molar-refractivity contribution in [2.24, 2.45) is 0 Å². The van der Waals surface area contributed by atoms with E-state index in [0.29, 0.717) is 18.7 Å².